The van der Waals surface area contributed by atoms with Gasteiger partial charge in [0.05, 0.1) is 12.7 Å². The molecule has 3 nitrogen and oxygen atoms in total. The summed E-state index contributed by atoms with van der Waals surface area (Å²) in [5.41, 5.74) is 2.64. The minimum atomic E-state index is -1.11. The molecule has 21 heavy (non-hydrogen) atoms. The molecule has 0 spiro atoms. The van der Waals surface area contributed by atoms with Gasteiger partial charge in [-0.15, -0.1) is 5.73 Å². The van der Waals surface area contributed by atoms with Gasteiger partial charge in [0.1, 0.15) is 5.41 Å². The molecule has 0 bridgehead atoms. The van der Waals surface area contributed by atoms with Crippen LogP contribution in [0.15, 0.2) is 17.4 Å². The van der Waals surface area contributed by atoms with Crippen LogP contribution < -0.4 is 0 Å². The average molecular weight is 296 g/mol. The number of carbonyl (C=O) groups is 1. The molecule has 0 saturated heterocycles. The lowest BCUT2D eigenvalue weighted by Crippen LogP contribution is -2.46. The normalized spacial score (nSPS) is 16.5. The molecule has 0 saturated carbocycles. The zero-order valence-electron chi connectivity index (χ0n) is 15.1. The fourth-order valence-electron chi connectivity index (χ4n) is 1.91. The molecule has 0 fully saturated rings. The minimum Gasteiger partial charge on any atom is -0.465 e. The molecule has 2 unspecified atom stereocenters. The van der Waals surface area contributed by atoms with E-state index < -0.39 is 22.9 Å². The summed E-state index contributed by atoms with van der Waals surface area (Å²) in [6.07, 6.45) is 0.811. The zero-order chi connectivity index (χ0) is 17.1. The minimum absolute atomic E-state index is 0.0290. The van der Waals surface area contributed by atoms with Gasteiger partial charge in [-0.3, -0.25) is 4.79 Å². The lowest BCUT2D eigenvalue weighted by molar-refractivity contribution is -0.161. The monoisotopic (exact) mass is 296 g/mol. The summed E-state index contributed by atoms with van der Waals surface area (Å²) >= 11 is 0. The van der Waals surface area contributed by atoms with Crippen molar-refractivity contribution < 1.29 is 14.6 Å². The van der Waals surface area contributed by atoms with Gasteiger partial charge < -0.3 is 9.84 Å². The van der Waals surface area contributed by atoms with Gasteiger partial charge in [0.25, 0.3) is 0 Å². The molecule has 0 heterocycles. The van der Waals surface area contributed by atoms with E-state index in [1.807, 2.05) is 27.7 Å². The Kier molecular flexibility index (Phi) is 6.47. The third-order valence-corrected chi connectivity index (χ3v) is 3.82. The SMILES string of the molecule is CCOC(=O)C(C)(C=C=C(C)C(C)(C)C)C(O)C(C)(C)C. The average Bonchev–Trinajstić information content (AvgIpc) is 2.32. The lowest BCUT2D eigenvalue weighted by Gasteiger charge is -2.37. The Labute approximate surface area is 130 Å². The van der Waals surface area contributed by atoms with Crippen LogP contribution >= 0.6 is 0 Å². The summed E-state index contributed by atoms with van der Waals surface area (Å²) in [6, 6.07) is 0. The van der Waals surface area contributed by atoms with Gasteiger partial charge in [0.15, 0.2) is 0 Å². The van der Waals surface area contributed by atoms with Crippen molar-refractivity contribution in [2.75, 3.05) is 6.61 Å². The molecule has 0 radical (unpaired) electrons. The molecule has 1 N–H and O–H groups in total. The van der Waals surface area contributed by atoms with Crippen LogP contribution in [0.2, 0.25) is 0 Å². The van der Waals surface area contributed by atoms with Crippen molar-refractivity contribution in [1.29, 1.82) is 0 Å². The van der Waals surface area contributed by atoms with Crippen LogP contribution in [-0.2, 0) is 9.53 Å². The molecule has 0 amide bonds. The predicted octanol–water partition coefficient (Wildman–Crippen LogP) is 4.11. The first-order valence-corrected chi connectivity index (χ1v) is 7.57. The van der Waals surface area contributed by atoms with Gasteiger partial charge in [-0.05, 0) is 43.3 Å². The highest BCUT2D eigenvalue weighted by atomic mass is 16.5. The Hall–Kier alpha value is -1.05. The van der Waals surface area contributed by atoms with E-state index in [0.717, 1.165) is 5.57 Å². The Morgan fingerprint density at radius 2 is 1.67 bits per heavy atom. The van der Waals surface area contributed by atoms with Crippen molar-refractivity contribution in [3.8, 4) is 0 Å². The summed E-state index contributed by atoms with van der Waals surface area (Å²) in [5.74, 6) is -0.415. The van der Waals surface area contributed by atoms with Crippen LogP contribution in [0, 0.1) is 16.2 Å². The highest BCUT2D eigenvalue weighted by molar-refractivity contribution is 5.79. The fraction of sp³-hybridized carbons (Fsp3) is 0.778. The maximum absolute atomic E-state index is 12.4. The van der Waals surface area contributed by atoms with Crippen molar-refractivity contribution in [2.45, 2.75) is 68.4 Å². The number of rotatable bonds is 4. The summed E-state index contributed by atoms with van der Waals surface area (Å²) in [7, 11) is 0. The van der Waals surface area contributed by atoms with Crippen molar-refractivity contribution in [3.05, 3.63) is 17.4 Å². The highest BCUT2D eigenvalue weighted by Crippen LogP contribution is 2.37. The van der Waals surface area contributed by atoms with Gasteiger partial charge in [-0.25, -0.2) is 0 Å². The van der Waals surface area contributed by atoms with E-state index >= 15 is 0 Å². The Bertz CT molecular complexity index is 428. The standard InChI is InChI=1S/C18H32O3/c1-10-21-15(20)18(9,14(19)17(6,7)8)12-11-13(2)16(3,4)5/h12,14,19H,10H2,1-9H3. The number of aliphatic hydroxyl groups is 1. The van der Waals surface area contributed by atoms with Crippen molar-refractivity contribution in [1.82, 2.24) is 0 Å². The molecular formula is C18H32O3. The molecule has 2 atom stereocenters. The van der Waals surface area contributed by atoms with E-state index in [9.17, 15) is 9.90 Å². The van der Waals surface area contributed by atoms with Crippen molar-refractivity contribution >= 4 is 5.97 Å². The molecule has 0 aliphatic carbocycles. The van der Waals surface area contributed by atoms with Gasteiger partial charge in [-0.2, -0.15) is 0 Å². The van der Waals surface area contributed by atoms with Crippen LogP contribution in [-0.4, -0.2) is 23.8 Å². The maximum Gasteiger partial charge on any atom is 0.318 e. The molecule has 0 aromatic carbocycles. The van der Waals surface area contributed by atoms with Crippen molar-refractivity contribution in [2.24, 2.45) is 16.2 Å². The summed E-state index contributed by atoms with van der Waals surface area (Å²) in [6.45, 7) is 17.7. The largest absolute Gasteiger partial charge is 0.465 e. The fourth-order valence-corrected chi connectivity index (χ4v) is 1.91. The molecule has 0 rings (SSSR count). The topological polar surface area (TPSA) is 46.5 Å². The molecular weight excluding hydrogens is 264 g/mol. The second-order valence-corrected chi connectivity index (χ2v) is 7.94. The first kappa shape index (κ1) is 19.9. The zero-order valence-corrected chi connectivity index (χ0v) is 15.1. The summed E-state index contributed by atoms with van der Waals surface area (Å²) in [4.78, 5) is 12.4. The third-order valence-electron chi connectivity index (χ3n) is 3.82. The summed E-state index contributed by atoms with van der Waals surface area (Å²) in [5, 5.41) is 10.6. The number of aliphatic hydroxyl groups excluding tert-OH is 1. The van der Waals surface area contributed by atoms with Gasteiger partial charge in [-0.1, -0.05) is 41.5 Å². The van der Waals surface area contributed by atoms with E-state index in [2.05, 4.69) is 26.5 Å². The highest BCUT2D eigenvalue weighted by Gasteiger charge is 2.45. The lowest BCUT2D eigenvalue weighted by atomic mass is 9.71. The van der Waals surface area contributed by atoms with Crippen LogP contribution in [0.5, 0.6) is 0 Å². The molecule has 0 aromatic heterocycles. The first-order chi connectivity index (χ1) is 9.26. The van der Waals surface area contributed by atoms with E-state index in [1.165, 1.54) is 0 Å². The van der Waals surface area contributed by atoms with Gasteiger partial charge in [0.2, 0.25) is 0 Å². The molecule has 0 aliphatic heterocycles. The van der Waals surface area contributed by atoms with Crippen LogP contribution in [0.1, 0.15) is 62.3 Å². The Morgan fingerprint density at radius 3 is 2.00 bits per heavy atom. The van der Waals surface area contributed by atoms with E-state index in [1.54, 1.807) is 19.9 Å². The Balaban J connectivity index is 5.87. The van der Waals surface area contributed by atoms with E-state index in [0.29, 0.717) is 6.61 Å². The molecule has 0 aliphatic rings. The number of hydrogen-bond acceptors (Lipinski definition) is 3. The number of ether oxygens (including phenoxy) is 1. The van der Waals surface area contributed by atoms with Crippen LogP contribution in [0.3, 0.4) is 0 Å². The molecule has 0 aromatic rings. The van der Waals surface area contributed by atoms with Crippen LogP contribution in [0.4, 0.5) is 0 Å². The second-order valence-electron chi connectivity index (χ2n) is 7.94. The number of esters is 1. The van der Waals surface area contributed by atoms with Crippen LogP contribution in [0.25, 0.3) is 0 Å². The van der Waals surface area contributed by atoms with E-state index in [4.69, 9.17) is 4.74 Å². The first-order valence-electron chi connectivity index (χ1n) is 7.57. The quantitative estimate of drug-likeness (QED) is 0.627. The van der Waals surface area contributed by atoms with Crippen molar-refractivity contribution in [3.63, 3.8) is 0 Å². The number of carbonyl (C=O) groups excluding carboxylic acids is 1. The molecule has 3 heteroatoms. The third kappa shape index (κ3) is 5.33. The summed E-state index contributed by atoms with van der Waals surface area (Å²) < 4.78 is 5.16. The second kappa shape index (κ2) is 6.81. The van der Waals surface area contributed by atoms with E-state index in [-0.39, 0.29) is 5.41 Å². The predicted molar refractivity (Wildman–Crippen MR) is 86.9 cm³/mol. The number of hydrogen-bond donors (Lipinski definition) is 1. The smallest absolute Gasteiger partial charge is 0.318 e. The van der Waals surface area contributed by atoms with Gasteiger partial charge >= 0.3 is 5.97 Å². The van der Waals surface area contributed by atoms with Gasteiger partial charge in [0, 0.05) is 0 Å². The maximum atomic E-state index is 12.4. The Morgan fingerprint density at radius 1 is 1.19 bits per heavy atom. The molecule has 122 valence electrons.